The van der Waals surface area contributed by atoms with Crippen molar-refractivity contribution in [3.63, 3.8) is 0 Å². The third-order valence-electron chi connectivity index (χ3n) is 4.94. The van der Waals surface area contributed by atoms with Crippen molar-refractivity contribution < 1.29 is 28.2 Å². The summed E-state index contributed by atoms with van der Waals surface area (Å²) in [5.74, 6) is 0.972. The predicted octanol–water partition coefficient (Wildman–Crippen LogP) is 4.09. The fourth-order valence-electron chi connectivity index (χ4n) is 2.90. The standard InChI is InChI=1S/C24H29F2NO4/c1-4-22(29)27-14-5-15-30-19-10-6-17(7-11-19)24(2,3)18-8-12-20(13-9-18)31-16-21(28)23(25)26/h4,6-13,21,23,28H,1,5,14-16H2,2-3H3,(H,27,29). The van der Waals surface area contributed by atoms with E-state index in [0.29, 0.717) is 25.3 Å². The summed E-state index contributed by atoms with van der Waals surface area (Å²) < 4.78 is 35.6. The summed E-state index contributed by atoms with van der Waals surface area (Å²) in [7, 11) is 0. The predicted molar refractivity (Wildman–Crippen MR) is 116 cm³/mol. The Hall–Kier alpha value is -2.93. The Balaban J connectivity index is 1.91. The Morgan fingerprint density at radius 1 is 1.06 bits per heavy atom. The number of benzene rings is 2. The van der Waals surface area contributed by atoms with E-state index in [2.05, 4.69) is 25.7 Å². The summed E-state index contributed by atoms with van der Waals surface area (Å²) in [6.45, 7) is 8.12. The number of halogens is 2. The molecule has 0 spiro atoms. The van der Waals surface area contributed by atoms with Crippen LogP contribution in [0.4, 0.5) is 8.78 Å². The Morgan fingerprint density at radius 3 is 2.06 bits per heavy atom. The highest BCUT2D eigenvalue weighted by atomic mass is 19.3. The summed E-state index contributed by atoms with van der Waals surface area (Å²) in [6, 6.07) is 15.0. The van der Waals surface area contributed by atoms with E-state index in [-0.39, 0.29) is 11.3 Å². The molecule has 1 unspecified atom stereocenters. The van der Waals surface area contributed by atoms with Crippen LogP contribution in [-0.4, -0.2) is 43.3 Å². The summed E-state index contributed by atoms with van der Waals surface area (Å²) in [5, 5.41) is 11.8. The molecule has 31 heavy (non-hydrogen) atoms. The number of carbonyl (C=O) groups is 1. The van der Waals surface area contributed by atoms with E-state index in [4.69, 9.17) is 14.6 Å². The van der Waals surface area contributed by atoms with Gasteiger partial charge in [-0.1, -0.05) is 44.7 Å². The van der Waals surface area contributed by atoms with Crippen molar-refractivity contribution in [2.75, 3.05) is 19.8 Å². The zero-order valence-corrected chi connectivity index (χ0v) is 17.8. The minimum atomic E-state index is -2.83. The Bertz CT molecular complexity index is 836. The topological polar surface area (TPSA) is 67.8 Å². The fourth-order valence-corrected chi connectivity index (χ4v) is 2.90. The van der Waals surface area contributed by atoms with Crippen molar-refractivity contribution in [3.05, 3.63) is 72.3 Å². The zero-order valence-electron chi connectivity index (χ0n) is 17.8. The Morgan fingerprint density at radius 2 is 1.58 bits per heavy atom. The molecule has 0 bridgehead atoms. The van der Waals surface area contributed by atoms with Crippen LogP contribution in [0.3, 0.4) is 0 Å². The first-order valence-corrected chi connectivity index (χ1v) is 10.1. The van der Waals surface area contributed by atoms with Crippen LogP contribution in [0.1, 0.15) is 31.4 Å². The summed E-state index contributed by atoms with van der Waals surface area (Å²) >= 11 is 0. The van der Waals surface area contributed by atoms with Crippen LogP contribution in [0.15, 0.2) is 61.2 Å². The van der Waals surface area contributed by atoms with Gasteiger partial charge in [0.15, 0.2) is 0 Å². The Kier molecular flexibility index (Phi) is 9.00. The lowest BCUT2D eigenvalue weighted by atomic mass is 9.78. The molecule has 2 aromatic carbocycles. The van der Waals surface area contributed by atoms with Gasteiger partial charge in [0.05, 0.1) is 6.61 Å². The SMILES string of the molecule is C=CC(=O)NCCCOc1ccc(C(C)(C)c2ccc(OCC(O)C(F)F)cc2)cc1. The molecule has 1 atom stereocenters. The molecule has 1 amide bonds. The third kappa shape index (κ3) is 7.36. The van der Waals surface area contributed by atoms with Crippen molar-refractivity contribution in [1.29, 1.82) is 0 Å². The zero-order chi connectivity index (χ0) is 22.9. The molecule has 2 N–H and O–H groups in total. The number of amides is 1. The summed E-state index contributed by atoms with van der Waals surface area (Å²) in [4.78, 5) is 11.1. The lowest BCUT2D eigenvalue weighted by Gasteiger charge is -2.26. The molecule has 0 aliphatic heterocycles. The van der Waals surface area contributed by atoms with Crippen LogP contribution in [0, 0.1) is 0 Å². The third-order valence-corrected chi connectivity index (χ3v) is 4.94. The Labute approximate surface area is 181 Å². The highest BCUT2D eigenvalue weighted by Gasteiger charge is 2.23. The van der Waals surface area contributed by atoms with Gasteiger partial charge in [0.1, 0.15) is 24.2 Å². The van der Waals surface area contributed by atoms with Crippen LogP contribution in [0.2, 0.25) is 0 Å². The molecule has 0 aliphatic rings. The van der Waals surface area contributed by atoms with Crippen LogP contribution in [0.25, 0.3) is 0 Å². The number of rotatable bonds is 12. The van der Waals surface area contributed by atoms with Gasteiger partial charge >= 0.3 is 0 Å². The monoisotopic (exact) mass is 433 g/mol. The van der Waals surface area contributed by atoms with E-state index in [1.54, 1.807) is 12.1 Å². The second kappa shape index (κ2) is 11.5. The fraction of sp³-hybridized carbons (Fsp3) is 0.375. The normalized spacial score (nSPS) is 12.3. The van der Waals surface area contributed by atoms with Crippen molar-refractivity contribution in [2.45, 2.75) is 38.2 Å². The smallest absolute Gasteiger partial charge is 0.267 e. The second-order valence-electron chi connectivity index (χ2n) is 7.58. The van der Waals surface area contributed by atoms with Gasteiger partial charge in [-0.15, -0.1) is 0 Å². The molecule has 0 saturated carbocycles. The molecule has 2 aromatic rings. The van der Waals surface area contributed by atoms with Gasteiger partial charge in [-0.25, -0.2) is 8.78 Å². The van der Waals surface area contributed by atoms with Crippen LogP contribution < -0.4 is 14.8 Å². The number of nitrogens with one attached hydrogen (secondary N) is 1. The quantitative estimate of drug-likeness (QED) is 0.391. The first kappa shape index (κ1) is 24.3. The molecule has 0 aromatic heterocycles. The van der Waals surface area contributed by atoms with Gasteiger partial charge < -0.3 is 19.9 Å². The van der Waals surface area contributed by atoms with Crippen molar-refractivity contribution in [3.8, 4) is 11.5 Å². The molecule has 168 valence electrons. The molecular weight excluding hydrogens is 404 g/mol. The number of alkyl halides is 2. The minimum absolute atomic E-state index is 0.197. The van der Waals surface area contributed by atoms with Gasteiger partial charge in [0.25, 0.3) is 6.43 Å². The number of hydrogen-bond acceptors (Lipinski definition) is 4. The number of carbonyl (C=O) groups excluding carboxylic acids is 1. The second-order valence-corrected chi connectivity index (χ2v) is 7.58. The highest BCUT2D eigenvalue weighted by Crippen LogP contribution is 2.33. The number of hydrogen-bond donors (Lipinski definition) is 2. The summed E-state index contributed by atoms with van der Waals surface area (Å²) in [5.41, 5.74) is 1.81. The van der Waals surface area contributed by atoms with Crippen molar-refractivity contribution >= 4 is 5.91 Å². The molecule has 2 rings (SSSR count). The molecule has 0 fully saturated rings. The number of aliphatic hydroxyl groups is 1. The van der Waals surface area contributed by atoms with Gasteiger partial charge in [0, 0.05) is 12.0 Å². The van der Waals surface area contributed by atoms with Crippen molar-refractivity contribution in [2.24, 2.45) is 0 Å². The first-order chi connectivity index (χ1) is 14.7. The maximum Gasteiger partial charge on any atom is 0.267 e. The van der Waals surface area contributed by atoms with E-state index < -0.39 is 19.1 Å². The molecule has 0 saturated heterocycles. The highest BCUT2D eigenvalue weighted by molar-refractivity contribution is 5.86. The molecule has 5 nitrogen and oxygen atoms in total. The summed E-state index contributed by atoms with van der Waals surface area (Å²) in [6.07, 6.45) is -2.71. The molecular formula is C24H29F2NO4. The lowest BCUT2D eigenvalue weighted by molar-refractivity contribution is -0.116. The van der Waals surface area contributed by atoms with Crippen LogP contribution >= 0.6 is 0 Å². The van der Waals surface area contributed by atoms with Gasteiger partial charge in [-0.05, 0) is 47.9 Å². The van der Waals surface area contributed by atoms with E-state index in [1.807, 2.05) is 36.4 Å². The molecule has 0 radical (unpaired) electrons. The number of aliphatic hydroxyl groups excluding tert-OH is 1. The van der Waals surface area contributed by atoms with Crippen LogP contribution in [0.5, 0.6) is 11.5 Å². The average Bonchev–Trinajstić information content (AvgIpc) is 2.77. The largest absolute Gasteiger partial charge is 0.494 e. The van der Waals surface area contributed by atoms with E-state index in [0.717, 1.165) is 16.9 Å². The van der Waals surface area contributed by atoms with E-state index >= 15 is 0 Å². The molecule has 7 heteroatoms. The first-order valence-electron chi connectivity index (χ1n) is 10.1. The maximum absolute atomic E-state index is 12.4. The van der Waals surface area contributed by atoms with Crippen LogP contribution in [-0.2, 0) is 10.2 Å². The van der Waals surface area contributed by atoms with Gasteiger partial charge in [-0.2, -0.15) is 0 Å². The number of ether oxygens (including phenoxy) is 2. The van der Waals surface area contributed by atoms with E-state index in [1.165, 1.54) is 6.08 Å². The minimum Gasteiger partial charge on any atom is -0.494 e. The maximum atomic E-state index is 12.4. The lowest BCUT2D eigenvalue weighted by Crippen LogP contribution is -2.25. The average molecular weight is 433 g/mol. The van der Waals surface area contributed by atoms with Gasteiger partial charge in [0.2, 0.25) is 5.91 Å². The van der Waals surface area contributed by atoms with E-state index in [9.17, 15) is 13.6 Å². The van der Waals surface area contributed by atoms with Crippen molar-refractivity contribution in [1.82, 2.24) is 5.32 Å². The molecule has 0 aliphatic carbocycles. The molecule has 0 heterocycles. The van der Waals surface area contributed by atoms with Gasteiger partial charge in [-0.3, -0.25) is 4.79 Å².